The molecule has 1 unspecified atom stereocenters. The van der Waals surface area contributed by atoms with Gasteiger partial charge in [-0.25, -0.2) is 13.2 Å². The highest BCUT2D eigenvalue weighted by Gasteiger charge is 2.49. The van der Waals surface area contributed by atoms with Crippen LogP contribution in [0.2, 0.25) is 0 Å². The van der Waals surface area contributed by atoms with E-state index >= 15 is 4.39 Å². The van der Waals surface area contributed by atoms with Crippen LogP contribution in [0.3, 0.4) is 0 Å². The minimum atomic E-state index is -0.941. The first-order valence-electron chi connectivity index (χ1n) is 18.7. The maximum Gasteiger partial charge on any atom is 0.319 e. The van der Waals surface area contributed by atoms with Crippen molar-refractivity contribution in [1.29, 1.82) is 0 Å². The van der Waals surface area contributed by atoms with Gasteiger partial charge in [0, 0.05) is 89.1 Å². The van der Waals surface area contributed by atoms with Gasteiger partial charge in [0.05, 0.1) is 22.6 Å². The number of nitrogens with zero attached hydrogens (tertiary/aromatic N) is 7. The first kappa shape index (κ1) is 36.2. The number of aromatic nitrogens is 3. The topological polar surface area (TPSA) is 87.2 Å². The molecular weight excluding hydrogens is 695 g/mol. The Morgan fingerprint density at radius 1 is 1.13 bits per heavy atom. The first-order chi connectivity index (χ1) is 26.2. The van der Waals surface area contributed by atoms with Gasteiger partial charge >= 0.3 is 6.01 Å². The highest BCUT2D eigenvalue weighted by Crippen LogP contribution is 2.41. The molecule has 0 aliphatic carbocycles. The molecule has 2 aromatic carbocycles. The molecule has 4 saturated heterocycles. The molecule has 1 amide bonds. The van der Waals surface area contributed by atoms with Gasteiger partial charge in [-0.2, -0.15) is 9.97 Å². The van der Waals surface area contributed by atoms with E-state index in [1.807, 2.05) is 18.0 Å². The molecule has 4 fully saturated rings. The fourth-order valence-corrected chi connectivity index (χ4v) is 8.88. The molecule has 2 aromatic heterocycles. The van der Waals surface area contributed by atoms with Gasteiger partial charge in [-0.05, 0) is 43.7 Å². The van der Waals surface area contributed by atoms with Gasteiger partial charge in [-0.1, -0.05) is 36.3 Å². The average Bonchev–Trinajstić information content (AvgIpc) is 3.98. The zero-order chi connectivity index (χ0) is 37.6. The second-order valence-electron chi connectivity index (χ2n) is 15.0. The quantitative estimate of drug-likeness (QED) is 0.157. The number of rotatable bonds is 10. The van der Waals surface area contributed by atoms with Gasteiger partial charge in [-0.3, -0.25) is 19.6 Å². The summed E-state index contributed by atoms with van der Waals surface area (Å²) in [6.45, 7) is 4.78. The van der Waals surface area contributed by atoms with Crippen molar-refractivity contribution in [1.82, 2.24) is 29.7 Å². The number of likely N-dealkylation sites (tertiary alicyclic amines) is 2. The Labute approximate surface area is 312 Å². The van der Waals surface area contributed by atoms with Crippen LogP contribution in [-0.2, 0) is 9.53 Å². The molecular formula is C41H44F3N7O3. The van der Waals surface area contributed by atoms with Crippen molar-refractivity contribution < 1.29 is 27.4 Å². The number of fused-ring (bicyclic) bond motifs is 3. The number of hydrogen-bond donors (Lipinski definition) is 0. The Balaban J connectivity index is 1.11. The molecule has 4 aliphatic rings. The fraction of sp³-hybridized carbons (Fsp3) is 0.463. The third-order valence-corrected chi connectivity index (χ3v) is 11.8. The summed E-state index contributed by atoms with van der Waals surface area (Å²) in [6, 6.07) is 7.91. The van der Waals surface area contributed by atoms with E-state index in [0.29, 0.717) is 66.6 Å². The third-order valence-electron chi connectivity index (χ3n) is 11.8. The molecule has 8 rings (SSSR count). The van der Waals surface area contributed by atoms with Crippen LogP contribution in [0.4, 0.5) is 19.0 Å². The molecule has 13 heteroatoms. The number of carbonyl (C=O) groups excluding carboxylic acids is 1. The van der Waals surface area contributed by atoms with Crippen LogP contribution in [0, 0.1) is 24.0 Å². The molecule has 0 radical (unpaired) electrons. The second kappa shape index (κ2) is 14.8. The van der Waals surface area contributed by atoms with Crippen LogP contribution in [0.25, 0.3) is 32.9 Å². The molecule has 0 N–H and O–H groups in total. The van der Waals surface area contributed by atoms with Crippen molar-refractivity contribution in [2.24, 2.45) is 0 Å². The van der Waals surface area contributed by atoms with Gasteiger partial charge in [-0.15, -0.1) is 6.42 Å². The van der Waals surface area contributed by atoms with Crippen molar-refractivity contribution >= 4 is 33.4 Å². The summed E-state index contributed by atoms with van der Waals surface area (Å²) in [6.07, 6.45) is 13.8. The highest BCUT2D eigenvalue weighted by molar-refractivity contribution is 6.02. The highest BCUT2D eigenvalue weighted by atomic mass is 19.1. The second-order valence-corrected chi connectivity index (χ2v) is 15.0. The van der Waals surface area contributed by atoms with E-state index < -0.39 is 23.3 Å². The van der Waals surface area contributed by atoms with E-state index in [0.717, 1.165) is 38.9 Å². The first-order valence-corrected chi connectivity index (χ1v) is 18.7. The molecule has 0 saturated carbocycles. The lowest BCUT2D eigenvalue weighted by Gasteiger charge is -2.31. The Kier molecular flexibility index (Phi) is 9.93. The maximum atomic E-state index is 17.0. The molecule has 0 bridgehead atoms. The summed E-state index contributed by atoms with van der Waals surface area (Å²) in [5.41, 5.74) is -0.182. The predicted molar refractivity (Wildman–Crippen MR) is 201 cm³/mol. The summed E-state index contributed by atoms with van der Waals surface area (Å²) < 4.78 is 58.2. The Bertz CT molecular complexity index is 2160. The number of amides is 1. The zero-order valence-corrected chi connectivity index (χ0v) is 30.6. The van der Waals surface area contributed by atoms with Crippen molar-refractivity contribution in [3.63, 3.8) is 0 Å². The average molecular weight is 740 g/mol. The summed E-state index contributed by atoms with van der Waals surface area (Å²) in [5, 5.41) is 1.37. The van der Waals surface area contributed by atoms with E-state index in [4.69, 9.17) is 20.9 Å². The summed E-state index contributed by atoms with van der Waals surface area (Å²) in [7, 11) is 3.59. The van der Waals surface area contributed by atoms with Crippen LogP contribution in [0.15, 0.2) is 48.7 Å². The number of halogens is 3. The molecule has 282 valence electrons. The Morgan fingerprint density at radius 3 is 2.81 bits per heavy atom. The summed E-state index contributed by atoms with van der Waals surface area (Å²) in [4.78, 5) is 35.3. The van der Waals surface area contributed by atoms with Crippen LogP contribution in [0.1, 0.15) is 37.7 Å². The van der Waals surface area contributed by atoms with E-state index in [1.165, 1.54) is 12.3 Å². The van der Waals surface area contributed by atoms with Gasteiger partial charge in [0.2, 0.25) is 5.91 Å². The van der Waals surface area contributed by atoms with Crippen LogP contribution in [-0.4, -0.2) is 126 Å². The smallest absolute Gasteiger partial charge is 0.319 e. The summed E-state index contributed by atoms with van der Waals surface area (Å²) in [5.74, 6) is 1.43. The van der Waals surface area contributed by atoms with Gasteiger partial charge in [0.25, 0.3) is 0 Å². The zero-order valence-electron chi connectivity index (χ0n) is 30.6. The molecule has 4 aromatic rings. The molecule has 0 spiro atoms. The third kappa shape index (κ3) is 6.65. The van der Waals surface area contributed by atoms with Crippen LogP contribution >= 0.6 is 0 Å². The number of likely N-dealkylation sites (N-methyl/N-ethyl adjacent to an activating group) is 1. The van der Waals surface area contributed by atoms with Crippen molar-refractivity contribution in [2.45, 2.75) is 56.0 Å². The predicted octanol–water partition coefficient (Wildman–Crippen LogP) is 5.37. The van der Waals surface area contributed by atoms with Crippen molar-refractivity contribution in [3.8, 4) is 29.6 Å². The van der Waals surface area contributed by atoms with Crippen molar-refractivity contribution in [3.05, 3.63) is 65.9 Å². The van der Waals surface area contributed by atoms with Gasteiger partial charge in [0.15, 0.2) is 5.82 Å². The van der Waals surface area contributed by atoms with E-state index in [-0.39, 0.29) is 47.4 Å². The largest absolute Gasteiger partial charge is 0.461 e. The normalized spacial score (nSPS) is 24.6. The number of hydrogen-bond acceptors (Lipinski definition) is 9. The molecule has 4 atom stereocenters. The number of terminal acetylenes is 1. The Morgan fingerprint density at radius 2 is 2.00 bits per heavy atom. The SMILES string of the molecule is C#Cc1c(F)ccc2cccc(-c3ncc4c(N(C)[C@@H]5CCN(C(=O)/C=C/CN6CC[C@@H](OC)C6)C5)nc(OCC56CCCN5C[C@H](F)C6)nc4c3F)c12. The molecule has 6 heterocycles. The fourth-order valence-electron chi connectivity index (χ4n) is 8.88. The lowest BCUT2D eigenvalue weighted by atomic mass is 9.95. The van der Waals surface area contributed by atoms with E-state index in [1.54, 1.807) is 42.4 Å². The number of pyridine rings is 1. The number of methoxy groups -OCH3 is 1. The number of carbonyl (C=O) groups is 1. The van der Waals surface area contributed by atoms with Crippen LogP contribution in [0.5, 0.6) is 6.01 Å². The minimum Gasteiger partial charge on any atom is -0.461 e. The number of alkyl halides is 1. The minimum absolute atomic E-state index is 0.0191. The van der Waals surface area contributed by atoms with Gasteiger partial charge in [0.1, 0.15) is 35.6 Å². The Hall–Kier alpha value is -4.77. The molecule has 54 heavy (non-hydrogen) atoms. The lowest BCUT2D eigenvalue weighted by molar-refractivity contribution is -0.125. The molecule has 10 nitrogen and oxygen atoms in total. The maximum absolute atomic E-state index is 17.0. The lowest BCUT2D eigenvalue weighted by Crippen LogP contribution is -2.43. The number of ether oxygens (including phenoxy) is 2. The number of anilines is 1. The summed E-state index contributed by atoms with van der Waals surface area (Å²) >= 11 is 0. The standard InChI is InChI=1S/C41H44F3N7O3/c1-4-30-33(43)12-11-26-8-5-9-31(35(26)30)37-36(44)38-32(21-45-37)39(47-40(46-38)54-25-41-15-7-17-51(41)22-27(42)20-41)48(2)28-13-19-50(23-28)34(52)10-6-16-49-18-14-29(24-49)53-3/h1,5-6,8-12,21,27-29H,7,13-20,22-25H2,2-3H3/b10-6+/t27-,28-,29-,41?/m1/s1. The monoisotopic (exact) mass is 739 g/mol. The van der Waals surface area contributed by atoms with Gasteiger partial charge < -0.3 is 19.3 Å². The molecule has 4 aliphatic heterocycles. The number of benzene rings is 2. The van der Waals surface area contributed by atoms with Crippen LogP contribution < -0.4 is 9.64 Å². The van der Waals surface area contributed by atoms with E-state index in [9.17, 15) is 13.6 Å². The van der Waals surface area contributed by atoms with Crippen molar-refractivity contribution in [2.75, 3.05) is 71.5 Å². The van der Waals surface area contributed by atoms with E-state index in [2.05, 4.69) is 25.7 Å².